The second-order valence-electron chi connectivity index (χ2n) is 6.25. The van der Waals surface area contributed by atoms with Crippen molar-refractivity contribution in [3.63, 3.8) is 0 Å². The summed E-state index contributed by atoms with van der Waals surface area (Å²) in [5.74, 6) is -0.742. The fraction of sp³-hybridized carbons (Fsp3) is 0.200. The van der Waals surface area contributed by atoms with Crippen LogP contribution >= 0.6 is 24.0 Å². The summed E-state index contributed by atoms with van der Waals surface area (Å²) in [5, 5.41) is 0. The number of benzene rings is 2. The highest BCUT2D eigenvalue weighted by Gasteiger charge is 2.34. The van der Waals surface area contributed by atoms with Gasteiger partial charge in [0.05, 0.1) is 10.6 Å². The van der Waals surface area contributed by atoms with Gasteiger partial charge < -0.3 is 4.90 Å². The molecule has 3 nitrogen and oxygen atoms in total. The van der Waals surface area contributed by atoms with Gasteiger partial charge in [-0.05, 0) is 48.7 Å². The van der Waals surface area contributed by atoms with Crippen molar-refractivity contribution < 1.29 is 9.18 Å². The van der Waals surface area contributed by atoms with Crippen molar-refractivity contribution in [2.75, 3.05) is 22.9 Å². The Balaban J connectivity index is 1.57. The highest BCUT2D eigenvalue weighted by molar-refractivity contribution is 8.27. The van der Waals surface area contributed by atoms with Gasteiger partial charge in [-0.25, -0.2) is 4.39 Å². The minimum absolute atomic E-state index is 0.197. The molecule has 2 aliphatic rings. The number of thiocarbonyl (C=S) groups is 1. The van der Waals surface area contributed by atoms with Crippen LogP contribution in [0.2, 0.25) is 0 Å². The summed E-state index contributed by atoms with van der Waals surface area (Å²) < 4.78 is 14.4. The largest absolute Gasteiger partial charge is 0.372 e. The van der Waals surface area contributed by atoms with Crippen molar-refractivity contribution in [2.24, 2.45) is 0 Å². The summed E-state index contributed by atoms with van der Waals surface area (Å²) in [6, 6.07) is 14.3. The quantitative estimate of drug-likeness (QED) is 0.559. The van der Waals surface area contributed by atoms with Crippen molar-refractivity contribution in [1.29, 1.82) is 0 Å². The Morgan fingerprint density at radius 3 is 2.42 bits per heavy atom. The Bertz CT molecular complexity index is 889. The van der Waals surface area contributed by atoms with Gasteiger partial charge in [0, 0.05) is 18.8 Å². The number of halogens is 1. The molecule has 0 aliphatic carbocycles. The predicted octanol–water partition coefficient (Wildman–Crippen LogP) is 4.83. The fourth-order valence-corrected chi connectivity index (χ4v) is 4.50. The number of carbonyl (C=O) groups excluding carboxylic acids is 1. The van der Waals surface area contributed by atoms with E-state index >= 15 is 0 Å². The smallest absolute Gasteiger partial charge is 0.270 e. The first-order chi connectivity index (χ1) is 12.6. The summed E-state index contributed by atoms with van der Waals surface area (Å²) in [6.45, 7) is 2.20. The monoisotopic (exact) mass is 384 g/mol. The van der Waals surface area contributed by atoms with Gasteiger partial charge in [-0.15, -0.1) is 0 Å². The van der Waals surface area contributed by atoms with E-state index in [0.29, 0.717) is 9.23 Å². The molecule has 0 radical (unpaired) electrons. The molecule has 26 heavy (non-hydrogen) atoms. The number of anilines is 2. The van der Waals surface area contributed by atoms with Crippen LogP contribution < -0.4 is 9.80 Å². The molecular weight excluding hydrogens is 367 g/mol. The van der Waals surface area contributed by atoms with Gasteiger partial charge in [0.15, 0.2) is 4.32 Å². The number of hydrogen-bond acceptors (Lipinski definition) is 4. The maximum atomic E-state index is 14.0. The third-order valence-corrected chi connectivity index (χ3v) is 5.85. The second-order valence-corrected chi connectivity index (χ2v) is 7.93. The Morgan fingerprint density at radius 1 is 1.04 bits per heavy atom. The first-order valence-corrected chi connectivity index (χ1v) is 9.73. The lowest BCUT2D eigenvalue weighted by atomic mass is 10.1. The molecule has 132 valence electrons. The number of hydrogen-bond donors (Lipinski definition) is 0. The molecule has 0 bridgehead atoms. The van der Waals surface area contributed by atoms with Crippen molar-refractivity contribution in [2.45, 2.75) is 12.8 Å². The van der Waals surface area contributed by atoms with E-state index in [2.05, 4.69) is 17.0 Å². The number of amides is 1. The van der Waals surface area contributed by atoms with Gasteiger partial charge in [0.2, 0.25) is 0 Å². The highest BCUT2D eigenvalue weighted by Crippen LogP contribution is 2.37. The van der Waals surface area contributed by atoms with E-state index < -0.39 is 5.82 Å². The lowest BCUT2D eigenvalue weighted by Crippen LogP contribution is -2.28. The van der Waals surface area contributed by atoms with Crippen molar-refractivity contribution >= 4 is 51.7 Å². The topological polar surface area (TPSA) is 23.6 Å². The number of thioether (sulfide) groups is 1. The van der Waals surface area contributed by atoms with E-state index in [0.717, 1.165) is 18.7 Å². The van der Waals surface area contributed by atoms with Crippen LogP contribution in [0.1, 0.15) is 18.4 Å². The third-order valence-electron chi connectivity index (χ3n) is 4.55. The molecule has 0 saturated carbocycles. The van der Waals surface area contributed by atoms with Crippen LogP contribution in [-0.2, 0) is 4.79 Å². The zero-order valence-electron chi connectivity index (χ0n) is 14.0. The number of nitrogens with zero attached hydrogens (tertiary/aromatic N) is 2. The van der Waals surface area contributed by atoms with Gasteiger partial charge in [-0.3, -0.25) is 9.69 Å². The fourth-order valence-electron chi connectivity index (χ4n) is 3.22. The zero-order chi connectivity index (χ0) is 18.1. The molecule has 6 heteroatoms. The molecular formula is C20H17FN2OS2. The van der Waals surface area contributed by atoms with Gasteiger partial charge in [-0.1, -0.05) is 48.2 Å². The van der Waals surface area contributed by atoms with Gasteiger partial charge >= 0.3 is 0 Å². The number of rotatable bonds is 3. The molecule has 2 fully saturated rings. The SMILES string of the molecule is O=C1/C(=C/c2ccc(N3CCCC3)cc2)SC(=S)N1c1ccccc1F. The maximum absolute atomic E-state index is 14.0. The average Bonchev–Trinajstić information content (AvgIpc) is 3.26. The molecule has 2 aliphatic heterocycles. The second kappa shape index (κ2) is 7.21. The predicted molar refractivity (Wildman–Crippen MR) is 110 cm³/mol. The van der Waals surface area contributed by atoms with Crippen LogP contribution in [-0.4, -0.2) is 23.3 Å². The molecule has 1 amide bonds. The lowest BCUT2D eigenvalue weighted by molar-refractivity contribution is -0.113. The van der Waals surface area contributed by atoms with E-state index in [-0.39, 0.29) is 11.6 Å². The molecule has 0 spiro atoms. The summed E-state index contributed by atoms with van der Waals surface area (Å²) >= 11 is 6.50. The Morgan fingerprint density at radius 2 is 1.73 bits per heavy atom. The van der Waals surface area contributed by atoms with Crippen molar-refractivity contribution in [1.82, 2.24) is 0 Å². The molecule has 0 N–H and O–H groups in total. The van der Waals surface area contributed by atoms with Crippen LogP contribution in [0.5, 0.6) is 0 Å². The van der Waals surface area contributed by atoms with Crippen molar-refractivity contribution in [3.05, 3.63) is 64.8 Å². The van der Waals surface area contributed by atoms with Crippen LogP contribution in [0.3, 0.4) is 0 Å². The molecule has 2 aromatic carbocycles. The van der Waals surface area contributed by atoms with Crippen molar-refractivity contribution in [3.8, 4) is 0 Å². The van der Waals surface area contributed by atoms with Gasteiger partial charge in [0.1, 0.15) is 5.82 Å². The van der Waals surface area contributed by atoms with Crippen LogP contribution in [0, 0.1) is 5.82 Å². The summed E-state index contributed by atoms with van der Waals surface area (Å²) in [6.07, 6.45) is 4.29. The maximum Gasteiger partial charge on any atom is 0.270 e. The van der Waals surface area contributed by atoms with Gasteiger partial charge in [0.25, 0.3) is 5.91 Å². The molecule has 0 aromatic heterocycles. The Hall–Kier alpha value is -2.18. The first kappa shape index (κ1) is 17.2. The van der Waals surface area contributed by atoms with E-state index in [9.17, 15) is 9.18 Å². The average molecular weight is 385 g/mol. The highest BCUT2D eigenvalue weighted by atomic mass is 32.2. The normalized spacial score (nSPS) is 19.0. The Kier molecular flexibility index (Phi) is 4.78. The third kappa shape index (κ3) is 3.27. The molecule has 2 saturated heterocycles. The van der Waals surface area contributed by atoms with E-state index in [1.165, 1.54) is 41.3 Å². The number of carbonyl (C=O) groups is 1. The lowest BCUT2D eigenvalue weighted by Gasteiger charge is -2.17. The number of para-hydroxylation sites is 1. The van der Waals surface area contributed by atoms with Crippen LogP contribution in [0.15, 0.2) is 53.4 Å². The summed E-state index contributed by atoms with van der Waals surface area (Å²) in [7, 11) is 0. The summed E-state index contributed by atoms with van der Waals surface area (Å²) in [5.41, 5.74) is 2.34. The van der Waals surface area contributed by atoms with E-state index in [1.807, 2.05) is 18.2 Å². The summed E-state index contributed by atoms with van der Waals surface area (Å²) in [4.78, 5) is 16.9. The zero-order valence-corrected chi connectivity index (χ0v) is 15.7. The molecule has 4 rings (SSSR count). The van der Waals surface area contributed by atoms with Gasteiger partial charge in [-0.2, -0.15) is 0 Å². The molecule has 0 unspecified atom stereocenters. The molecule has 0 atom stereocenters. The molecule has 2 heterocycles. The Labute approximate surface area is 161 Å². The molecule has 2 aromatic rings. The van der Waals surface area contributed by atoms with Crippen LogP contribution in [0.25, 0.3) is 6.08 Å². The van der Waals surface area contributed by atoms with E-state index in [4.69, 9.17) is 12.2 Å². The minimum Gasteiger partial charge on any atom is -0.372 e. The standard InChI is InChI=1S/C20H17FN2OS2/c21-16-5-1-2-6-17(16)23-19(24)18(26-20(23)25)13-14-7-9-15(10-8-14)22-11-3-4-12-22/h1-2,5-10,13H,3-4,11-12H2/b18-13-. The van der Waals surface area contributed by atoms with Crippen LogP contribution in [0.4, 0.5) is 15.8 Å². The van der Waals surface area contributed by atoms with E-state index in [1.54, 1.807) is 18.2 Å². The first-order valence-electron chi connectivity index (χ1n) is 8.51. The minimum atomic E-state index is -0.458.